The highest BCUT2D eigenvalue weighted by molar-refractivity contribution is 7.89. The summed E-state index contributed by atoms with van der Waals surface area (Å²) in [5, 5.41) is 0. The molecule has 4 fully saturated rings. The Morgan fingerprint density at radius 1 is 0.833 bits per heavy atom. The van der Waals surface area contributed by atoms with E-state index in [1.807, 2.05) is 4.31 Å². The normalized spacial score (nSPS) is 31.8. The molecule has 1 aromatic carbocycles. The number of hydrogen-bond acceptors (Lipinski definition) is 4. The van der Waals surface area contributed by atoms with Crippen molar-refractivity contribution in [2.75, 3.05) is 5.75 Å². The SMILES string of the molecule is CC1(C)[C@@H]2CC[C@@]1(CS(=O)(=O)N(C1CCCCC1)C1CCCCC1)[C@@H](NS(=O)(=O)c1ccccc1)C2. The van der Waals surface area contributed by atoms with E-state index in [2.05, 4.69) is 18.6 Å². The molecule has 0 spiro atoms. The highest BCUT2D eigenvalue weighted by Gasteiger charge is 2.66. The van der Waals surface area contributed by atoms with Crippen LogP contribution in [0.3, 0.4) is 0 Å². The number of nitrogens with one attached hydrogen (secondary N) is 1. The monoisotopic (exact) mass is 536 g/mol. The molecule has 0 heterocycles. The zero-order valence-electron chi connectivity index (χ0n) is 22.0. The molecule has 8 heteroatoms. The predicted molar refractivity (Wildman–Crippen MR) is 143 cm³/mol. The smallest absolute Gasteiger partial charge is 0.212 e. The summed E-state index contributed by atoms with van der Waals surface area (Å²) >= 11 is 0. The van der Waals surface area contributed by atoms with E-state index < -0.39 is 25.5 Å². The van der Waals surface area contributed by atoms with Gasteiger partial charge in [0, 0.05) is 23.5 Å². The van der Waals surface area contributed by atoms with Crippen LogP contribution in [0.5, 0.6) is 0 Å². The van der Waals surface area contributed by atoms with Crippen molar-refractivity contribution in [1.29, 1.82) is 0 Å². The summed E-state index contributed by atoms with van der Waals surface area (Å²) in [5.74, 6) is 0.382. The van der Waals surface area contributed by atoms with Gasteiger partial charge in [-0.2, -0.15) is 4.31 Å². The molecule has 1 aromatic rings. The van der Waals surface area contributed by atoms with Crippen LogP contribution in [0, 0.1) is 16.7 Å². The van der Waals surface area contributed by atoms with Crippen LogP contribution < -0.4 is 4.72 Å². The van der Waals surface area contributed by atoms with E-state index in [1.54, 1.807) is 30.3 Å². The number of rotatable bonds is 8. The molecule has 2 bridgehead atoms. The minimum Gasteiger partial charge on any atom is -0.212 e. The lowest BCUT2D eigenvalue weighted by atomic mass is 9.69. The maximum Gasteiger partial charge on any atom is 0.240 e. The van der Waals surface area contributed by atoms with E-state index in [0.717, 1.165) is 64.2 Å². The lowest BCUT2D eigenvalue weighted by molar-refractivity contribution is 0.124. The van der Waals surface area contributed by atoms with Crippen molar-refractivity contribution in [1.82, 2.24) is 9.03 Å². The van der Waals surface area contributed by atoms with Gasteiger partial charge in [0.1, 0.15) is 0 Å². The summed E-state index contributed by atoms with van der Waals surface area (Å²) in [5.41, 5.74) is -0.839. The number of sulfonamides is 2. The summed E-state index contributed by atoms with van der Waals surface area (Å²) in [6.45, 7) is 4.37. The fourth-order valence-corrected chi connectivity index (χ4v) is 12.5. The first-order valence-corrected chi connectivity index (χ1v) is 17.2. The van der Waals surface area contributed by atoms with Gasteiger partial charge in [-0.15, -0.1) is 0 Å². The van der Waals surface area contributed by atoms with E-state index in [1.165, 1.54) is 12.8 Å². The number of fused-ring (bicyclic) bond motifs is 2. The van der Waals surface area contributed by atoms with Gasteiger partial charge in [0.2, 0.25) is 20.0 Å². The van der Waals surface area contributed by atoms with E-state index in [4.69, 9.17) is 0 Å². The average Bonchev–Trinajstić information content (AvgIpc) is 3.20. The fraction of sp³-hybridized carbons (Fsp3) is 0.786. The number of nitrogens with zero attached hydrogens (tertiary/aromatic N) is 1. The molecule has 0 amide bonds. The van der Waals surface area contributed by atoms with Crippen LogP contribution in [0.4, 0.5) is 0 Å². The first-order chi connectivity index (χ1) is 17.1. The fourth-order valence-electron chi connectivity index (χ4n) is 8.27. The molecule has 4 saturated carbocycles. The van der Waals surface area contributed by atoms with E-state index in [9.17, 15) is 16.8 Å². The van der Waals surface area contributed by atoms with Crippen molar-refractivity contribution in [3.8, 4) is 0 Å². The average molecular weight is 537 g/mol. The third-order valence-electron chi connectivity index (χ3n) is 10.4. The van der Waals surface area contributed by atoms with E-state index >= 15 is 0 Å². The van der Waals surface area contributed by atoms with Gasteiger partial charge in [0.05, 0.1) is 10.6 Å². The predicted octanol–water partition coefficient (Wildman–Crippen LogP) is 5.46. The molecular formula is C28H44N2O4S2. The largest absolute Gasteiger partial charge is 0.240 e. The molecule has 202 valence electrons. The molecule has 0 saturated heterocycles. The van der Waals surface area contributed by atoms with Crippen LogP contribution in [0.1, 0.15) is 97.3 Å². The van der Waals surface area contributed by atoms with Crippen LogP contribution in [0.15, 0.2) is 35.2 Å². The van der Waals surface area contributed by atoms with Gasteiger partial charge < -0.3 is 0 Å². The quantitative estimate of drug-likeness (QED) is 0.478. The van der Waals surface area contributed by atoms with Gasteiger partial charge in [0.25, 0.3) is 0 Å². The lowest BCUT2D eigenvalue weighted by Crippen LogP contribution is -2.57. The highest BCUT2D eigenvalue weighted by Crippen LogP contribution is 2.66. The Bertz CT molecular complexity index is 1110. The topological polar surface area (TPSA) is 83.6 Å². The number of hydrogen-bond donors (Lipinski definition) is 1. The van der Waals surface area contributed by atoms with Crippen LogP contribution >= 0.6 is 0 Å². The lowest BCUT2D eigenvalue weighted by Gasteiger charge is -2.46. The van der Waals surface area contributed by atoms with Crippen molar-refractivity contribution in [3.63, 3.8) is 0 Å². The second kappa shape index (κ2) is 9.97. The zero-order valence-corrected chi connectivity index (χ0v) is 23.6. The van der Waals surface area contributed by atoms with Gasteiger partial charge >= 0.3 is 0 Å². The Hall–Kier alpha value is -0.960. The molecule has 0 aromatic heterocycles. The molecular weight excluding hydrogens is 492 g/mol. The molecule has 3 atom stereocenters. The summed E-state index contributed by atoms with van der Waals surface area (Å²) in [7, 11) is -7.30. The van der Waals surface area contributed by atoms with Gasteiger partial charge in [-0.05, 0) is 68.4 Å². The Labute approximate surface area is 218 Å². The van der Waals surface area contributed by atoms with Gasteiger partial charge in [-0.3, -0.25) is 0 Å². The van der Waals surface area contributed by atoms with Crippen molar-refractivity contribution in [2.24, 2.45) is 16.7 Å². The van der Waals surface area contributed by atoms with Crippen LogP contribution in [0.25, 0.3) is 0 Å². The second-order valence-corrected chi connectivity index (χ2v) is 16.1. The van der Waals surface area contributed by atoms with Crippen molar-refractivity contribution < 1.29 is 16.8 Å². The second-order valence-electron chi connectivity index (χ2n) is 12.5. The molecule has 1 N–H and O–H groups in total. The first kappa shape index (κ1) is 26.6. The molecule has 6 nitrogen and oxygen atoms in total. The summed E-state index contributed by atoms with van der Waals surface area (Å²) in [6.07, 6.45) is 13.0. The van der Waals surface area contributed by atoms with Crippen LogP contribution in [-0.2, 0) is 20.0 Å². The standard InChI is InChI=1S/C28H44N2O4S2/c1-27(2)22-18-19-28(27,26(20-22)29-36(33,34)25-16-10-5-11-17-25)21-35(31,32)30(23-12-6-3-7-13-23)24-14-8-4-9-15-24/h5,10-11,16-17,22-24,26,29H,3-4,6-9,12-15,18-21H2,1-2H3/t22-,26+,28-/m1/s1. The number of benzene rings is 1. The van der Waals surface area contributed by atoms with Crippen LogP contribution in [0.2, 0.25) is 0 Å². The molecule has 36 heavy (non-hydrogen) atoms. The maximum atomic E-state index is 14.5. The minimum atomic E-state index is -3.73. The molecule has 5 rings (SSSR count). The Kier molecular flexibility index (Phi) is 7.38. The van der Waals surface area contributed by atoms with Crippen molar-refractivity contribution in [3.05, 3.63) is 30.3 Å². The first-order valence-electron chi connectivity index (χ1n) is 14.2. The third-order valence-corrected chi connectivity index (χ3v) is 14.0. The Morgan fingerprint density at radius 2 is 1.39 bits per heavy atom. The van der Waals surface area contributed by atoms with E-state index in [-0.39, 0.29) is 34.2 Å². The molecule has 4 aliphatic carbocycles. The molecule has 4 aliphatic rings. The summed E-state index contributed by atoms with van der Waals surface area (Å²) < 4.78 is 60.6. The molecule has 0 radical (unpaired) electrons. The zero-order chi connectivity index (χ0) is 25.6. The highest BCUT2D eigenvalue weighted by atomic mass is 32.2. The molecule has 0 aliphatic heterocycles. The molecule has 0 unspecified atom stereocenters. The Morgan fingerprint density at radius 3 is 1.92 bits per heavy atom. The third kappa shape index (κ3) is 4.69. The summed E-state index contributed by atoms with van der Waals surface area (Å²) in [4.78, 5) is 0.245. The van der Waals surface area contributed by atoms with Crippen molar-refractivity contribution >= 4 is 20.0 Å². The van der Waals surface area contributed by atoms with Crippen molar-refractivity contribution in [2.45, 2.75) is 120 Å². The van der Waals surface area contributed by atoms with E-state index in [0.29, 0.717) is 12.3 Å². The van der Waals surface area contributed by atoms with Crippen LogP contribution in [-0.4, -0.2) is 45.0 Å². The minimum absolute atomic E-state index is 0.0540. The van der Waals surface area contributed by atoms with Gasteiger partial charge in [-0.25, -0.2) is 21.6 Å². The Balaban J connectivity index is 1.47. The van der Waals surface area contributed by atoms with Gasteiger partial charge in [-0.1, -0.05) is 70.6 Å². The summed E-state index contributed by atoms with van der Waals surface area (Å²) in [6, 6.07) is 8.31. The maximum absolute atomic E-state index is 14.5. The van der Waals surface area contributed by atoms with Gasteiger partial charge in [0.15, 0.2) is 0 Å².